The minimum atomic E-state index is -0.297. The molecule has 0 bridgehead atoms. The molecule has 1 aliphatic rings. The molecule has 1 amide bonds. The molecule has 27 heavy (non-hydrogen) atoms. The number of benzene rings is 1. The number of aromatic nitrogens is 1. The SMILES string of the molecule is CCCC(=O)N1CCN(c2oc(/C=C/c3ccc(F)cc3)nc2C#N)CC1. The third kappa shape index (κ3) is 4.53. The van der Waals surface area contributed by atoms with E-state index in [1.807, 2.05) is 16.7 Å². The van der Waals surface area contributed by atoms with Gasteiger partial charge in [-0.2, -0.15) is 10.2 Å². The number of hydrogen-bond acceptors (Lipinski definition) is 5. The molecule has 1 fully saturated rings. The summed E-state index contributed by atoms with van der Waals surface area (Å²) in [7, 11) is 0. The number of nitriles is 1. The molecule has 140 valence electrons. The zero-order valence-corrected chi connectivity index (χ0v) is 15.2. The van der Waals surface area contributed by atoms with Crippen molar-refractivity contribution in [3.05, 3.63) is 47.2 Å². The van der Waals surface area contributed by atoms with Crippen molar-refractivity contribution < 1.29 is 13.6 Å². The summed E-state index contributed by atoms with van der Waals surface area (Å²) in [5.41, 5.74) is 1.03. The second-order valence-corrected chi connectivity index (χ2v) is 6.32. The van der Waals surface area contributed by atoms with Gasteiger partial charge in [0.15, 0.2) is 0 Å². The monoisotopic (exact) mass is 368 g/mol. The summed E-state index contributed by atoms with van der Waals surface area (Å²) < 4.78 is 18.7. The maximum absolute atomic E-state index is 13.0. The molecule has 3 rings (SSSR count). The predicted octanol–water partition coefficient (Wildman–Crippen LogP) is 3.30. The molecule has 0 N–H and O–H groups in total. The molecule has 2 aromatic rings. The fourth-order valence-electron chi connectivity index (χ4n) is 2.96. The molecule has 1 aliphatic heterocycles. The Morgan fingerprint density at radius 3 is 2.59 bits per heavy atom. The van der Waals surface area contributed by atoms with Gasteiger partial charge in [-0.05, 0) is 30.2 Å². The maximum Gasteiger partial charge on any atom is 0.235 e. The van der Waals surface area contributed by atoms with Crippen LogP contribution in [0.1, 0.15) is 36.9 Å². The highest BCUT2D eigenvalue weighted by molar-refractivity contribution is 5.76. The first-order valence-corrected chi connectivity index (χ1v) is 8.98. The summed E-state index contributed by atoms with van der Waals surface area (Å²) in [6, 6.07) is 8.11. The van der Waals surface area contributed by atoms with Crippen LogP contribution in [0.2, 0.25) is 0 Å². The highest BCUT2D eigenvalue weighted by Gasteiger charge is 2.25. The molecule has 1 saturated heterocycles. The highest BCUT2D eigenvalue weighted by Crippen LogP contribution is 2.24. The zero-order valence-electron chi connectivity index (χ0n) is 15.2. The lowest BCUT2D eigenvalue weighted by Gasteiger charge is -2.34. The number of carbonyl (C=O) groups excluding carboxylic acids is 1. The quantitative estimate of drug-likeness (QED) is 0.810. The van der Waals surface area contributed by atoms with Gasteiger partial charge in [-0.15, -0.1) is 0 Å². The Kier molecular flexibility index (Phi) is 5.87. The number of amides is 1. The van der Waals surface area contributed by atoms with Gasteiger partial charge in [0.05, 0.1) is 0 Å². The largest absolute Gasteiger partial charge is 0.420 e. The number of hydrogen-bond donors (Lipinski definition) is 0. The molecule has 2 heterocycles. The van der Waals surface area contributed by atoms with Crippen molar-refractivity contribution in [2.24, 2.45) is 0 Å². The van der Waals surface area contributed by atoms with Crippen molar-refractivity contribution in [3.63, 3.8) is 0 Å². The van der Waals surface area contributed by atoms with Crippen molar-refractivity contribution in [1.29, 1.82) is 5.26 Å². The Bertz CT molecular complexity index is 859. The highest BCUT2D eigenvalue weighted by atomic mass is 19.1. The molecular weight excluding hydrogens is 347 g/mol. The van der Waals surface area contributed by atoms with Gasteiger partial charge in [0, 0.05) is 38.7 Å². The van der Waals surface area contributed by atoms with Gasteiger partial charge in [-0.3, -0.25) is 4.79 Å². The van der Waals surface area contributed by atoms with Crippen LogP contribution in [0.3, 0.4) is 0 Å². The van der Waals surface area contributed by atoms with Gasteiger partial charge >= 0.3 is 0 Å². The van der Waals surface area contributed by atoms with Gasteiger partial charge < -0.3 is 14.2 Å². The standard InChI is InChI=1S/C20H21FN4O2/c1-2-3-19(26)24-10-12-25(13-11-24)20-17(14-22)23-18(27-20)9-6-15-4-7-16(21)8-5-15/h4-9H,2-3,10-13H2,1H3/b9-6+. The molecule has 0 radical (unpaired) electrons. The topological polar surface area (TPSA) is 73.4 Å². The van der Waals surface area contributed by atoms with Crippen LogP contribution in [0, 0.1) is 17.1 Å². The van der Waals surface area contributed by atoms with Crippen LogP contribution in [0.5, 0.6) is 0 Å². The number of rotatable bonds is 5. The van der Waals surface area contributed by atoms with Gasteiger partial charge in [-0.25, -0.2) is 4.39 Å². The molecule has 0 unspecified atom stereocenters. The minimum Gasteiger partial charge on any atom is -0.420 e. The molecule has 0 saturated carbocycles. The smallest absolute Gasteiger partial charge is 0.235 e. The van der Waals surface area contributed by atoms with E-state index in [2.05, 4.69) is 11.1 Å². The van der Waals surface area contributed by atoms with E-state index < -0.39 is 0 Å². The lowest BCUT2D eigenvalue weighted by atomic mass is 10.2. The summed E-state index contributed by atoms with van der Waals surface area (Å²) >= 11 is 0. The van der Waals surface area contributed by atoms with Gasteiger partial charge in [0.25, 0.3) is 0 Å². The van der Waals surface area contributed by atoms with E-state index in [-0.39, 0.29) is 17.4 Å². The van der Waals surface area contributed by atoms with Crippen LogP contribution in [0.15, 0.2) is 28.7 Å². The van der Waals surface area contributed by atoms with Crippen molar-refractivity contribution >= 4 is 23.9 Å². The predicted molar refractivity (Wildman–Crippen MR) is 100 cm³/mol. The normalized spacial score (nSPS) is 14.6. The van der Waals surface area contributed by atoms with Crippen molar-refractivity contribution in [3.8, 4) is 6.07 Å². The van der Waals surface area contributed by atoms with E-state index >= 15 is 0 Å². The molecule has 0 spiro atoms. The third-order valence-electron chi connectivity index (χ3n) is 4.40. The zero-order chi connectivity index (χ0) is 19.2. The van der Waals surface area contributed by atoms with Crippen LogP contribution in [0.4, 0.5) is 10.3 Å². The van der Waals surface area contributed by atoms with Crippen molar-refractivity contribution in [1.82, 2.24) is 9.88 Å². The molecule has 0 aliphatic carbocycles. The second kappa shape index (κ2) is 8.49. The number of carbonyl (C=O) groups is 1. The molecule has 0 atom stereocenters. The first kappa shape index (κ1) is 18.6. The summed E-state index contributed by atoms with van der Waals surface area (Å²) in [6.45, 7) is 4.39. The summed E-state index contributed by atoms with van der Waals surface area (Å²) in [4.78, 5) is 20.0. The molecular formula is C20H21FN4O2. The Morgan fingerprint density at radius 2 is 1.96 bits per heavy atom. The Labute approximate surface area is 157 Å². The van der Waals surface area contributed by atoms with E-state index in [4.69, 9.17) is 4.42 Å². The van der Waals surface area contributed by atoms with E-state index in [0.29, 0.717) is 44.4 Å². The van der Waals surface area contributed by atoms with Crippen LogP contribution in [-0.4, -0.2) is 42.0 Å². The number of halogens is 1. The fraction of sp³-hybridized carbons (Fsp3) is 0.350. The van der Waals surface area contributed by atoms with E-state index in [9.17, 15) is 14.4 Å². The van der Waals surface area contributed by atoms with Crippen LogP contribution in [-0.2, 0) is 4.79 Å². The van der Waals surface area contributed by atoms with Crippen molar-refractivity contribution in [2.75, 3.05) is 31.1 Å². The fourth-order valence-corrected chi connectivity index (χ4v) is 2.96. The van der Waals surface area contributed by atoms with E-state index in [0.717, 1.165) is 12.0 Å². The van der Waals surface area contributed by atoms with Crippen LogP contribution in [0.25, 0.3) is 12.2 Å². The number of piperazine rings is 1. The van der Waals surface area contributed by atoms with E-state index in [1.165, 1.54) is 12.1 Å². The van der Waals surface area contributed by atoms with Crippen molar-refractivity contribution in [2.45, 2.75) is 19.8 Å². The summed E-state index contributed by atoms with van der Waals surface area (Å²) in [5.74, 6) is 0.612. The van der Waals surface area contributed by atoms with Gasteiger partial charge in [0.1, 0.15) is 11.9 Å². The van der Waals surface area contributed by atoms with Crippen LogP contribution >= 0.6 is 0 Å². The molecule has 7 heteroatoms. The molecule has 6 nitrogen and oxygen atoms in total. The summed E-state index contributed by atoms with van der Waals surface area (Å²) in [6.07, 6.45) is 4.80. The lowest BCUT2D eigenvalue weighted by Crippen LogP contribution is -2.48. The Morgan fingerprint density at radius 1 is 1.26 bits per heavy atom. The average Bonchev–Trinajstić information content (AvgIpc) is 3.11. The van der Waals surface area contributed by atoms with Gasteiger partial charge in [0.2, 0.25) is 23.4 Å². The average molecular weight is 368 g/mol. The third-order valence-corrected chi connectivity index (χ3v) is 4.40. The number of nitrogens with zero attached hydrogens (tertiary/aromatic N) is 4. The van der Waals surface area contributed by atoms with E-state index in [1.54, 1.807) is 24.3 Å². The first-order chi connectivity index (χ1) is 13.1. The first-order valence-electron chi connectivity index (χ1n) is 8.98. The Hall–Kier alpha value is -3.14. The second-order valence-electron chi connectivity index (χ2n) is 6.32. The number of oxazole rings is 1. The molecule has 1 aromatic carbocycles. The maximum atomic E-state index is 13.0. The minimum absolute atomic E-state index is 0.165. The molecule has 1 aromatic heterocycles. The summed E-state index contributed by atoms with van der Waals surface area (Å²) in [5, 5.41) is 9.36. The van der Waals surface area contributed by atoms with Gasteiger partial charge in [-0.1, -0.05) is 19.1 Å². The van der Waals surface area contributed by atoms with Crippen LogP contribution < -0.4 is 4.90 Å². The Balaban J connectivity index is 1.69. The lowest BCUT2D eigenvalue weighted by molar-refractivity contribution is -0.131. The number of anilines is 1.